The number of aromatic nitrogens is 1. The molecule has 1 fully saturated rings. The van der Waals surface area contributed by atoms with Gasteiger partial charge in [-0.25, -0.2) is 0 Å². The molecule has 0 unspecified atom stereocenters. The number of carbonyl (C=O) groups excluding carboxylic acids is 1. The van der Waals surface area contributed by atoms with Crippen LogP contribution in [0.25, 0.3) is 10.9 Å². The molecule has 0 N–H and O–H groups in total. The summed E-state index contributed by atoms with van der Waals surface area (Å²) < 4.78 is 42.6. The van der Waals surface area contributed by atoms with Gasteiger partial charge in [-0.3, -0.25) is 14.9 Å². The number of rotatable bonds is 6. The van der Waals surface area contributed by atoms with E-state index in [0.717, 1.165) is 34.3 Å². The highest BCUT2D eigenvalue weighted by Crippen LogP contribution is 2.38. The molecule has 1 aliphatic heterocycles. The number of benzene rings is 3. The molecule has 0 saturated carbocycles. The second-order valence-corrected chi connectivity index (χ2v) is 9.73. The van der Waals surface area contributed by atoms with Crippen molar-refractivity contribution in [2.75, 3.05) is 31.1 Å². The summed E-state index contributed by atoms with van der Waals surface area (Å²) in [6.07, 6.45) is -2.56. The molecule has 0 spiro atoms. The molecule has 1 aliphatic rings. The van der Waals surface area contributed by atoms with Gasteiger partial charge in [-0.15, -0.1) is 0 Å². The molecule has 10 heteroatoms. The van der Waals surface area contributed by atoms with Crippen LogP contribution in [0.4, 0.5) is 24.5 Å². The standard InChI is InChI=1S/C29H27F3N4O3/c1-33-19-26(24-7-2-3-8-27(24)33)25(20-5-4-6-21(17-20)29(30,31)32)18-28(37)35-15-13-34(14-16-35)22-9-11-23(12-10-22)36(38)39/h2-12,17,19,25H,13-16,18H2,1H3/t25-/m1/s1. The molecule has 1 amide bonds. The number of piperazine rings is 1. The van der Waals surface area contributed by atoms with Gasteiger partial charge in [0.2, 0.25) is 5.91 Å². The van der Waals surface area contributed by atoms with E-state index in [9.17, 15) is 28.1 Å². The number of aryl methyl sites for hydroxylation is 1. The van der Waals surface area contributed by atoms with Gasteiger partial charge in [0.25, 0.3) is 5.69 Å². The Morgan fingerprint density at radius 1 is 0.974 bits per heavy atom. The van der Waals surface area contributed by atoms with Crippen LogP contribution in [0, 0.1) is 10.1 Å². The van der Waals surface area contributed by atoms with Crippen LogP contribution in [-0.4, -0.2) is 46.5 Å². The third-order valence-electron chi connectivity index (χ3n) is 7.36. The van der Waals surface area contributed by atoms with Crippen LogP contribution in [0.15, 0.2) is 79.0 Å². The van der Waals surface area contributed by atoms with Gasteiger partial charge in [0.05, 0.1) is 10.5 Å². The fraction of sp³-hybridized carbons (Fsp3) is 0.276. The van der Waals surface area contributed by atoms with Crippen LogP contribution in [0.3, 0.4) is 0 Å². The average Bonchev–Trinajstić information content (AvgIpc) is 3.27. The van der Waals surface area contributed by atoms with E-state index in [0.29, 0.717) is 31.7 Å². The lowest BCUT2D eigenvalue weighted by molar-refractivity contribution is -0.384. The molecule has 0 aliphatic carbocycles. The lowest BCUT2D eigenvalue weighted by atomic mass is 9.87. The number of carbonyl (C=O) groups is 1. The van der Waals surface area contributed by atoms with Gasteiger partial charge < -0.3 is 14.4 Å². The van der Waals surface area contributed by atoms with E-state index in [4.69, 9.17) is 0 Å². The zero-order chi connectivity index (χ0) is 27.7. The number of hydrogen-bond acceptors (Lipinski definition) is 4. The van der Waals surface area contributed by atoms with Gasteiger partial charge in [0, 0.05) is 80.5 Å². The van der Waals surface area contributed by atoms with Gasteiger partial charge in [0.15, 0.2) is 0 Å². The van der Waals surface area contributed by atoms with Gasteiger partial charge >= 0.3 is 6.18 Å². The molecule has 1 atom stereocenters. The molecule has 0 radical (unpaired) electrons. The predicted molar refractivity (Wildman–Crippen MR) is 143 cm³/mol. The highest BCUT2D eigenvalue weighted by Gasteiger charge is 2.33. The minimum absolute atomic E-state index is 0.0154. The zero-order valence-electron chi connectivity index (χ0n) is 21.3. The Balaban J connectivity index is 1.38. The van der Waals surface area contributed by atoms with Crippen LogP contribution in [0.2, 0.25) is 0 Å². The summed E-state index contributed by atoms with van der Waals surface area (Å²) >= 11 is 0. The molecule has 2 heterocycles. The number of para-hydroxylation sites is 1. The topological polar surface area (TPSA) is 71.6 Å². The van der Waals surface area contributed by atoms with Crippen molar-refractivity contribution in [3.63, 3.8) is 0 Å². The first-order valence-corrected chi connectivity index (χ1v) is 12.6. The molecule has 7 nitrogen and oxygen atoms in total. The summed E-state index contributed by atoms with van der Waals surface area (Å²) in [4.78, 5) is 27.8. The number of hydrogen-bond donors (Lipinski definition) is 0. The maximum atomic E-state index is 13.6. The monoisotopic (exact) mass is 536 g/mol. The van der Waals surface area contributed by atoms with Gasteiger partial charge in [-0.2, -0.15) is 13.2 Å². The van der Waals surface area contributed by atoms with Crippen molar-refractivity contribution in [2.45, 2.75) is 18.5 Å². The molecule has 4 aromatic rings. The Hall–Kier alpha value is -4.34. The lowest BCUT2D eigenvalue weighted by Crippen LogP contribution is -2.49. The number of nitrogens with zero attached hydrogens (tertiary/aromatic N) is 4. The first-order valence-electron chi connectivity index (χ1n) is 12.6. The van der Waals surface area contributed by atoms with Crippen LogP contribution in [0.5, 0.6) is 0 Å². The summed E-state index contributed by atoms with van der Waals surface area (Å²) in [7, 11) is 1.88. The lowest BCUT2D eigenvalue weighted by Gasteiger charge is -2.36. The molecular formula is C29H27F3N4O3. The number of amides is 1. The molecule has 3 aromatic carbocycles. The number of non-ortho nitro benzene ring substituents is 1. The van der Waals surface area contributed by atoms with E-state index in [1.165, 1.54) is 18.2 Å². The number of anilines is 1. The van der Waals surface area contributed by atoms with Crippen molar-refractivity contribution in [3.05, 3.63) is 106 Å². The van der Waals surface area contributed by atoms with E-state index < -0.39 is 22.6 Å². The Morgan fingerprint density at radius 3 is 2.33 bits per heavy atom. The van der Waals surface area contributed by atoms with E-state index in [2.05, 4.69) is 4.90 Å². The smallest absolute Gasteiger partial charge is 0.368 e. The second-order valence-electron chi connectivity index (χ2n) is 9.73. The van der Waals surface area contributed by atoms with E-state index >= 15 is 0 Å². The van der Waals surface area contributed by atoms with Gasteiger partial charge in [-0.1, -0.05) is 36.4 Å². The van der Waals surface area contributed by atoms with E-state index in [1.807, 2.05) is 42.1 Å². The summed E-state index contributed by atoms with van der Waals surface area (Å²) in [6, 6.07) is 19.2. The fourth-order valence-corrected chi connectivity index (χ4v) is 5.29. The molecule has 5 rings (SSSR count). The summed E-state index contributed by atoms with van der Waals surface area (Å²) in [6.45, 7) is 1.99. The summed E-state index contributed by atoms with van der Waals surface area (Å²) in [5.74, 6) is -0.688. The summed E-state index contributed by atoms with van der Waals surface area (Å²) in [5.41, 5.74) is 2.30. The minimum Gasteiger partial charge on any atom is -0.368 e. The second kappa shape index (κ2) is 10.4. The molecule has 39 heavy (non-hydrogen) atoms. The first kappa shape index (κ1) is 26.3. The normalized spacial score (nSPS) is 15.0. The molecule has 0 bridgehead atoms. The quantitative estimate of drug-likeness (QED) is 0.225. The maximum Gasteiger partial charge on any atom is 0.416 e. The highest BCUT2D eigenvalue weighted by molar-refractivity contribution is 5.86. The number of nitro benzene ring substituents is 1. The fourth-order valence-electron chi connectivity index (χ4n) is 5.29. The summed E-state index contributed by atoms with van der Waals surface area (Å²) in [5, 5.41) is 11.8. The van der Waals surface area contributed by atoms with Crippen molar-refractivity contribution in [1.82, 2.24) is 9.47 Å². The van der Waals surface area contributed by atoms with Crippen LogP contribution in [0.1, 0.15) is 29.0 Å². The highest BCUT2D eigenvalue weighted by atomic mass is 19.4. The first-order chi connectivity index (χ1) is 18.6. The predicted octanol–water partition coefficient (Wildman–Crippen LogP) is 5.98. The number of alkyl halides is 3. The average molecular weight is 537 g/mol. The Bertz CT molecular complexity index is 1510. The van der Waals surface area contributed by atoms with E-state index in [1.54, 1.807) is 23.1 Å². The van der Waals surface area contributed by atoms with Crippen molar-refractivity contribution in [1.29, 1.82) is 0 Å². The Morgan fingerprint density at radius 2 is 1.67 bits per heavy atom. The third kappa shape index (κ3) is 5.45. The zero-order valence-corrected chi connectivity index (χ0v) is 21.3. The molecular weight excluding hydrogens is 509 g/mol. The largest absolute Gasteiger partial charge is 0.416 e. The Kier molecular flexibility index (Phi) is 7.03. The van der Waals surface area contributed by atoms with Gasteiger partial charge in [0.1, 0.15) is 0 Å². The molecule has 1 aromatic heterocycles. The van der Waals surface area contributed by atoms with Crippen molar-refractivity contribution in [2.24, 2.45) is 7.05 Å². The van der Waals surface area contributed by atoms with Crippen LogP contribution < -0.4 is 4.90 Å². The van der Waals surface area contributed by atoms with Crippen molar-refractivity contribution in [3.8, 4) is 0 Å². The number of fused-ring (bicyclic) bond motifs is 1. The van der Waals surface area contributed by atoms with E-state index in [-0.39, 0.29) is 18.0 Å². The number of halogens is 3. The van der Waals surface area contributed by atoms with Crippen molar-refractivity contribution < 1.29 is 22.9 Å². The third-order valence-corrected chi connectivity index (χ3v) is 7.36. The van der Waals surface area contributed by atoms with Crippen molar-refractivity contribution >= 4 is 28.2 Å². The molecule has 202 valence electrons. The van der Waals surface area contributed by atoms with Gasteiger partial charge in [-0.05, 0) is 35.4 Å². The number of nitro groups is 1. The maximum absolute atomic E-state index is 13.6. The molecule has 1 saturated heterocycles. The van der Waals surface area contributed by atoms with Crippen LogP contribution in [-0.2, 0) is 18.0 Å². The Labute approximate surface area is 223 Å². The van der Waals surface area contributed by atoms with Crippen LogP contribution >= 0.6 is 0 Å². The minimum atomic E-state index is -4.49. The SMILES string of the molecule is Cn1cc([C@H](CC(=O)N2CCN(c3ccc([N+](=O)[O-])cc3)CC2)c2cccc(C(F)(F)F)c2)c2ccccc21.